The van der Waals surface area contributed by atoms with Crippen molar-refractivity contribution in [3.8, 4) is 0 Å². The van der Waals surface area contributed by atoms with Crippen LogP contribution in [0.15, 0.2) is 12.4 Å². The lowest BCUT2D eigenvalue weighted by molar-refractivity contribution is 0.0642. The van der Waals surface area contributed by atoms with Gasteiger partial charge in [-0.15, -0.1) is 0 Å². The minimum absolute atomic E-state index is 0.0185. The standard InChI is InChI=1S/C11H16N4O2/c1-7-2-3-15(9(7)6-16)11(17)8-4-14-10(12)5-13-8/h4-5,7,9,16H,2-3,6H2,1H3,(H2,12,14). The maximum atomic E-state index is 12.1. The number of carbonyl (C=O) groups is 1. The maximum absolute atomic E-state index is 12.1. The number of carbonyl (C=O) groups excluding carboxylic acids is 1. The number of nitrogens with two attached hydrogens (primary N) is 1. The molecular formula is C11H16N4O2. The molecule has 0 radical (unpaired) electrons. The quantitative estimate of drug-likeness (QED) is 0.748. The van der Waals surface area contributed by atoms with Crippen LogP contribution >= 0.6 is 0 Å². The molecule has 0 aromatic carbocycles. The summed E-state index contributed by atoms with van der Waals surface area (Å²) in [7, 11) is 0. The molecule has 0 spiro atoms. The lowest BCUT2D eigenvalue weighted by Gasteiger charge is -2.24. The highest BCUT2D eigenvalue weighted by Crippen LogP contribution is 2.24. The first-order valence-corrected chi connectivity index (χ1v) is 5.63. The largest absolute Gasteiger partial charge is 0.394 e. The number of nitrogen functional groups attached to an aromatic ring is 1. The molecule has 0 saturated carbocycles. The van der Waals surface area contributed by atoms with Crippen LogP contribution < -0.4 is 5.73 Å². The Labute approximate surface area is 99.5 Å². The fourth-order valence-electron chi connectivity index (χ4n) is 2.13. The van der Waals surface area contributed by atoms with Crippen molar-refractivity contribution in [2.75, 3.05) is 18.9 Å². The smallest absolute Gasteiger partial charge is 0.274 e. The number of nitrogens with zero attached hydrogens (tertiary/aromatic N) is 3. The second-order valence-electron chi connectivity index (χ2n) is 4.34. The minimum Gasteiger partial charge on any atom is -0.394 e. The molecule has 1 saturated heterocycles. The molecule has 1 aromatic heterocycles. The van der Waals surface area contributed by atoms with Crippen molar-refractivity contribution >= 4 is 11.7 Å². The van der Waals surface area contributed by atoms with E-state index in [-0.39, 0.29) is 30.1 Å². The molecule has 1 aliphatic rings. The minimum atomic E-state index is -0.194. The van der Waals surface area contributed by atoms with Gasteiger partial charge in [-0.1, -0.05) is 6.92 Å². The SMILES string of the molecule is CC1CCN(C(=O)c2cnc(N)cn2)C1CO. The summed E-state index contributed by atoms with van der Waals surface area (Å²) in [6.45, 7) is 2.66. The fraction of sp³-hybridized carbons (Fsp3) is 0.545. The Morgan fingerprint density at radius 2 is 2.35 bits per heavy atom. The van der Waals surface area contributed by atoms with E-state index in [2.05, 4.69) is 9.97 Å². The Hall–Kier alpha value is -1.69. The molecule has 2 rings (SSSR count). The van der Waals surface area contributed by atoms with Crippen LogP contribution in [0.2, 0.25) is 0 Å². The van der Waals surface area contributed by atoms with E-state index in [9.17, 15) is 9.90 Å². The van der Waals surface area contributed by atoms with Gasteiger partial charge in [0.15, 0.2) is 0 Å². The van der Waals surface area contributed by atoms with Crippen molar-refractivity contribution in [2.24, 2.45) is 5.92 Å². The number of hydrogen-bond acceptors (Lipinski definition) is 5. The van der Waals surface area contributed by atoms with Gasteiger partial charge in [-0.2, -0.15) is 0 Å². The van der Waals surface area contributed by atoms with Gasteiger partial charge in [-0.25, -0.2) is 9.97 Å². The molecule has 0 aliphatic carbocycles. The summed E-state index contributed by atoms with van der Waals surface area (Å²) in [6, 6.07) is -0.123. The van der Waals surface area contributed by atoms with Crippen LogP contribution in [0.3, 0.4) is 0 Å². The Kier molecular flexibility index (Phi) is 3.23. The van der Waals surface area contributed by atoms with Gasteiger partial charge < -0.3 is 15.7 Å². The predicted octanol–water partition coefficient (Wildman–Crippen LogP) is -0.0983. The van der Waals surface area contributed by atoms with Gasteiger partial charge >= 0.3 is 0 Å². The molecule has 92 valence electrons. The van der Waals surface area contributed by atoms with Crippen LogP contribution in [0, 0.1) is 5.92 Å². The summed E-state index contributed by atoms with van der Waals surface area (Å²) in [6.07, 6.45) is 3.63. The molecule has 6 heteroatoms. The van der Waals surface area contributed by atoms with Crippen LogP contribution in [0.4, 0.5) is 5.82 Å². The lowest BCUT2D eigenvalue weighted by atomic mass is 10.0. The highest BCUT2D eigenvalue weighted by atomic mass is 16.3. The number of rotatable bonds is 2. The summed E-state index contributed by atoms with van der Waals surface area (Å²) in [5.74, 6) is 0.404. The zero-order valence-corrected chi connectivity index (χ0v) is 9.71. The zero-order chi connectivity index (χ0) is 12.4. The number of amides is 1. The zero-order valence-electron chi connectivity index (χ0n) is 9.71. The van der Waals surface area contributed by atoms with E-state index in [0.29, 0.717) is 12.5 Å². The van der Waals surface area contributed by atoms with Gasteiger partial charge in [0.25, 0.3) is 5.91 Å². The number of anilines is 1. The number of aliphatic hydroxyl groups excluding tert-OH is 1. The normalized spacial score (nSPS) is 24.0. The summed E-state index contributed by atoms with van der Waals surface area (Å²) >= 11 is 0. The number of aliphatic hydroxyl groups is 1. The van der Waals surface area contributed by atoms with Gasteiger partial charge in [0.1, 0.15) is 11.5 Å². The van der Waals surface area contributed by atoms with Crippen LogP contribution in [0.5, 0.6) is 0 Å². The van der Waals surface area contributed by atoms with E-state index in [0.717, 1.165) is 6.42 Å². The molecular weight excluding hydrogens is 220 g/mol. The Bertz CT molecular complexity index is 406. The predicted molar refractivity (Wildman–Crippen MR) is 62.1 cm³/mol. The molecule has 2 atom stereocenters. The number of likely N-dealkylation sites (tertiary alicyclic amines) is 1. The van der Waals surface area contributed by atoms with E-state index in [1.165, 1.54) is 12.4 Å². The molecule has 2 heterocycles. The van der Waals surface area contributed by atoms with Gasteiger partial charge in [0.2, 0.25) is 0 Å². The Morgan fingerprint density at radius 1 is 1.59 bits per heavy atom. The topological polar surface area (TPSA) is 92.3 Å². The first-order chi connectivity index (χ1) is 8.13. The maximum Gasteiger partial charge on any atom is 0.274 e. The van der Waals surface area contributed by atoms with Gasteiger partial charge in [0.05, 0.1) is 25.0 Å². The third kappa shape index (κ3) is 2.21. The van der Waals surface area contributed by atoms with Crippen molar-refractivity contribution in [1.82, 2.24) is 14.9 Å². The average Bonchev–Trinajstić information content (AvgIpc) is 2.70. The highest BCUT2D eigenvalue weighted by Gasteiger charge is 2.34. The van der Waals surface area contributed by atoms with Crippen LogP contribution in [-0.2, 0) is 0 Å². The van der Waals surface area contributed by atoms with E-state index >= 15 is 0 Å². The first-order valence-electron chi connectivity index (χ1n) is 5.63. The third-order valence-electron chi connectivity index (χ3n) is 3.22. The molecule has 1 fully saturated rings. The molecule has 6 nitrogen and oxygen atoms in total. The second-order valence-corrected chi connectivity index (χ2v) is 4.34. The lowest BCUT2D eigenvalue weighted by Crippen LogP contribution is -2.40. The van der Waals surface area contributed by atoms with Crippen molar-refractivity contribution in [3.63, 3.8) is 0 Å². The summed E-state index contributed by atoms with van der Waals surface area (Å²) in [4.78, 5) is 21.6. The Balaban J connectivity index is 2.17. The van der Waals surface area contributed by atoms with Crippen molar-refractivity contribution in [1.29, 1.82) is 0 Å². The highest BCUT2D eigenvalue weighted by molar-refractivity contribution is 5.92. The van der Waals surface area contributed by atoms with Crippen LogP contribution in [0.1, 0.15) is 23.8 Å². The summed E-state index contributed by atoms with van der Waals surface area (Å²) < 4.78 is 0. The van der Waals surface area contributed by atoms with Crippen LogP contribution in [-0.4, -0.2) is 45.1 Å². The van der Waals surface area contributed by atoms with Crippen LogP contribution in [0.25, 0.3) is 0 Å². The third-order valence-corrected chi connectivity index (χ3v) is 3.22. The summed E-state index contributed by atoms with van der Waals surface area (Å²) in [5.41, 5.74) is 5.69. The van der Waals surface area contributed by atoms with Gasteiger partial charge in [0, 0.05) is 6.54 Å². The molecule has 1 aromatic rings. The molecule has 1 aliphatic heterocycles. The average molecular weight is 236 g/mol. The Morgan fingerprint density at radius 3 is 2.94 bits per heavy atom. The molecule has 2 unspecified atom stereocenters. The van der Waals surface area contributed by atoms with Crippen molar-refractivity contribution in [3.05, 3.63) is 18.1 Å². The van der Waals surface area contributed by atoms with Crippen molar-refractivity contribution < 1.29 is 9.90 Å². The monoisotopic (exact) mass is 236 g/mol. The summed E-state index contributed by atoms with van der Waals surface area (Å²) in [5, 5.41) is 9.30. The first kappa shape index (κ1) is 11.8. The van der Waals surface area contributed by atoms with Gasteiger partial charge in [-0.3, -0.25) is 4.79 Å². The molecule has 1 amide bonds. The van der Waals surface area contributed by atoms with Gasteiger partial charge in [-0.05, 0) is 12.3 Å². The molecule has 17 heavy (non-hydrogen) atoms. The molecule has 0 bridgehead atoms. The van der Waals surface area contributed by atoms with Crippen molar-refractivity contribution in [2.45, 2.75) is 19.4 Å². The second kappa shape index (κ2) is 4.67. The number of hydrogen-bond donors (Lipinski definition) is 2. The van der Waals surface area contributed by atoms with E-state index < -0.39 is 0 Å². The van der Waals surface area contributed by atoms with E-state index in [1.54, 1.807) is 4.90 Å². The van der Waals surface area contributed by atoms with E-state index in [1.807, 2.05) is 6.92 Å². The van der Waals surface area contributed by atoms with E-state index in [4.69, 9.17) is 5.73 Å². The number of aromatic nitrogens is 2. The molecule has 3 N–H and O–H groups in total. The fourth-order valence-corrected chi connectivity index (χ4v) is 2.13.